The molecule has 7 nitrogen and oxygen atoms in total. The van der Waals surface area contributed by atoms with E-state index in [1.54, 1.807) is 25.1 Å². The van der Waals surface area contributed by atoms with Crippen LogP contribution in [0.5, 0.6) is 11.5 Å². The maximum atomic E-state index is 12.2. The number of methoxy groups -OCH3 is 2. The van der Waals surface area contributed by atoms with E-state index < -0.39 is 0 Å². The first kappa shape index (κ1) is 18.8. The molecule has 8 heteroatoms. The molecular formula is C17H21ClN4O3. The summed E-state index contributed by atoms with van der Waals surface area (Å²) in [6.45, 7) is 5.56. The van der Waals surface area contributed by atoms with Crippen LogP contribution < -0.4 is 20.1 Å². The summed E-state index contributed by atoms with van der Waals surface area (Å²) in [7, 11) is 3.05. The van der Waals surface area contributed by atoms with Gasteiger partial charge in [-0.3, -0.25) is 4.79 Å². The lowest BCUT2D eigenvalue weighted by molar-refractivity contribution is 0.0938. The predicted molar refractivity (Wildman–Crippen MR) is 97.2 cm³/mol. The molecule has 0 spiro atoms. The number of rotatable bonds is 6. The van der Waals surface area contributed by atoms with Gasteiger partial charge in [-0.25, -0.2) is 9.97 Å². The summed E-state index contributed by atoms with van der Waals surface area (Å²) >= 11 is 6.11. The molecule has 0 atom stereocenters. The third-order valence-electron chi connectivity index (χ3n) is 3.23. The summed E-state index contributed by atoms with van der Waals surface area (Å²) in [6.07, 6.45) is 0. The average Bonchev–Trinajstić information content (AvgIpc) is 2.54. The van der Waals surface area contributed by atoms with Gasteiger partial charge in [0.2, 0.25) is 5.95 Å². The third-order valence-corrected chi connectivity index (χ3v) is 3.52. The molecule has 25 heavy (non-hydrogen) atoms. The molecule has 0 saturated heterocycles. The number of ether oxygens (including phenoxy) is 2. The average molecular weight is 365 g/mol. The molecule has 0 fully saturated rings. The standard InChI is InChI=1S/C17H21ClN4O3/c1-9(2)19-16(23)13-6-10(3)20-17(22-13)21-12-8-14(24-4)11(18)7-15(12)25-5/h6-9H,1-5H3,(H,19,23)(H,20,21,22). The number of nitrogens with zero attached hydrogens (tertiary/aromatic N) is 2. The summed E-state index contributed by atoms with van der Waals surface area (Å²) < 4.78 is 10.5. The minimum atomic E-state index is -0.260. The van der Waals surface area contributed by atoms with Crippen molar-refractivity contribution in [3.05, 3.63) is 34.6 Å². The summed E-state index contributed by atoms with van der Waals surface area (Å²) in [5.41, 5.74) is 1.51. The van der Waals surface area contributed by atoms with Crippen molar-refractivity contribution in [1.82, 2.24) is 15.3 Å². The second kappa shape index (κ2) is 8.02. The fraction of sp³-hybridized carbons (Fsp3) is 0.353. The molecule has 1 amide bonds. The highest BCUT2D eigenvalue weighted by molar-refractivity contribution is 6.32. The highest BCUT2D eigenvalue weighted by Gasteiger charge is 2.14. The van der Waals surface area contributed by atoms with Crippen LogP contribution in [-0.4, -0.2) is 36.1 Å². The van der Waals surface area contributed by atoms with Crippen molar-refractivity contribution in [2.24, 2.45) is 0 Å². The van der Waals surface area contributed by atoms with Gasteiger partial charge >= 0.3 is 0 Å². The van der Waals surface area contributed by atoms with E-state index >= 15 is 0 Å². The number of hydrogen-bond donors (Lipinski definition) is 2. The number of benzene rings is 1. The predicted octanol–water partition coefficient (Wildman–Crippen LogP) is 3.34. The zero-order chi connectivity index (χ0) is 18.6. The first-order valence-electron chi connectivity index (χ1n) is 7.69. The van der Waals surface area contributed by atoms with Gasteiger partial charge in [-0.2, -0.15) is 0 Å². The lowest BCUT2D eigenvalue weighted by Crippen LogP contribution is -2.31. The number of nitrogens with one attached hydrogen (secondary N) is 2. The van der Waals surface area contributed by atoms with E-state index in [1.165, 1.54) is 14.2 Å². The van der Waals surface area contributed by atoms with E-state index in [9.17, 15) is 4.79 Å². The van der Waals surface area contributed by atoms with Gasteiger partial charge in [0.25, 0.3) is 5.91 Å². The third kappa shape index (κ3) is 4.73. The highest BCUT2D eigenvalue weighted by atomic mass is 35.5. The summed E-state index contributed by atoms with van der Waals surface area (Å²) in [6, 6.07) is 4.95. The number of carbonyl (C=O) groups is 1. The van der Waals surface area contributed by atoms with Gasteiger partial charge in [0.05, 0.1) is 24.9 Å². The maximum absolute atomic E-state index is 12.2. The van der Waals surface area contributed by atoms with E-state index in [0.717, 1.165) is 0 Å². The van der Waals surface area contributed by atoms with Crippen LogP contribution in [-0.2, 0) is 0 Å². The molecule has 0 radical (unpaired) electrons. The SMILES string of the molecule is COc1cc(Nc2nc(C)cc(C(=O)NC(C)C)n2)c(OC)cc1Cl. The largest absolute Gasteiger partial charge is 0.495 e. The molecule has 1 heterocycles. The van der Waals surface area contributed by atoms with Crippen LogP contribution in [0.4, 0.5) is 11.6 Å². The minimum Gasteiger partial charge on any atom is -0.495 e. The molecule has 0 aliphatic carbocycles. The van der Waals surface area contributed by atoms with E-state index in [4.69, 9.17) is 21.1 Å². The Balaban J connectivity index is 2.37. The van der Waals surface area contributed by atoms with Gasteiger partial charge in [-0.1, -0.05) is 11.6 Å². The molecule has 0 saturated carbocycles. The lowest BCUT2D eigenvalue weighted by Gasteiger charge is -2.14. The van der Waals surface area contributed by atoms with Crippen LogP contribution in [0.3, 0.4) is 0 Å². The number of anilines is 2. The molecule has 1 aromatic heterocycles. The summed E-state index contributed by atoms with van der Waals surface area (Å²) in [4.78, 5) is 20.8. The first-order chi connectivity index (χ1) is 11.8. The van der Waals surface area contributed by atoms with Gasteiger partial charge in [0.1, 0.15) is 17.2 Å². The van der Waals surface area contributed by atoms with Crippen molar-refractivity contribution in [2.45, 2.75) is 26.8 Å². The molecule has 0 aliphatic heterocycles. The topological polar surface area (TPSA) is 85.4 Å². The van der Waals surface area contributed by atoms with Crippen molar-refractivity contribution < 1.29 is 14.3 Å². The smallest absolute Gasteiger partial charge is 0.270 e. The highest BCUT2D eigenvalue weighted by Crippen LogP contribution is 2.36. The molecule has 2 aromatic rings. The van der Waals surface area contributed by atoms with Gasteiger partial charge in [-0.15, -0.1) is 0 Å². The summed E-state index contributed by atoms with van der Waals surface area (Å²) in [5, 5.41) is 6.28. The lowest BCUT2D eigenvalue weighted by atomic mass is 10.2. The Morgan fingerprint density at radius 1 is 1.12 bits per heavy atom. The fourth-order valence-corrected chi connectivity index (χ4v) is 2.39. The molecule has 0 bridgehead atoms. The number of aromatic nitrogens is 2. The van der Waals surface area contributed by atoms with Gasteiger partial charge in [0, 0.05) is 23.9 Å². The Hall–Kier alpha value is -2.54. The van der Waals surface area contributed by atoms with E-state index in [0.29, 0.717) is 27.9 Å². The Morgan fingerprint density at radius 2 is 1.80 bits per heavy atom. The van der Waals surface area contributed by atoms with Crippen LogP contribution in [0, 0.1) is 6.92 Å². The first-order valence-corrected chi connectivity index (χ1v) is 8.07. The van der Waals surface area contributed by atoms with E-state index in [-0.39, 0.29) is 23.6 Å². The quantitative estimate of drug-likeness (QED) is 0.817. The van der Waals surface area contributed by atoms with E-state index in [1.807, 2.05) is 13.8 Å². The Kier molecular flexibility index (Phi) is 6.03. The molecule has 0 aliphatic rings. The van der Waals surface area contributed by atoms with Crippen molar-refractivity contribution >= 4 is 29.1 Å². The minimum absolute atomic E-state index is 0.0137. The van der Waals surface area contributed by atoms with Crippen LogP contribution in [0.1, 0.15) is 30.0 Å². The normalized spacial score (nSPS) is 10.5. The zero-order valence-electron chi connectivity index (χ0n) is 14.8. The van der Waals surface area contributed by atoms with E-state index in [2.05, 4.69) is 20.6 Å². The molecule has 134 valence electrons. The van der Waals surface area contributed by atoms with Crippen LogP contribution in [0.25, 0.3) is 0 Å². The number of hydrogen-bond acceptors (Lipinski definition) is 6. The Bertz CT molecular complexity index is 781. The van der Waals surface area contributed by atoms with Gasteiger partial charge < -0.3 is 20.1 Å². The van der Waals surface area contributed by atoms with Crippen molar-refractivity contribution in [3.63, 3.8) is 0 Å². The van der Waals surface area contributed by atoms with Gasteiger partial charge in [0.15, 0.2) is 0 Å². The van der Waals surface area contributed by atoms with Crippen molar-refractivity contribution in [2.75, 3.05) is 19.5 Å². The summed E-state index contributed by atoms with van der Waals surface area (Å²) in [5.74, 6) is 1.00. The fourth-order valence-electron chi connectivity index (χ4n) is 2.16. The number of aryl methyl sites for hydroxylation is 1. The second-order valence-electron chi connectivity index (χ2n) is 5.66. The Labute approximate surface area is 151 Å². The number of halogens is 1. The second-order valence-corrected chi connectivity index (χ2v) is 6.07. The molecule has 1 aromatic carbocycles. The molecule has 2 N–H and O–H groups in total. The Morgan fingerprint density at radius 3 is 2.40 bits per heavy atom. The van der Waals surface area contributed by atoms with Crippen molar-refractivity contribution in [1.29, 1.82) is 0 Å². The molecule has 0 unspecified atom stereocenters. The monoisotopic (exact) mass is 364 g/mol. The number of carbonyl (C=O) groups excluding carboxylic acids is 1. The number of amides is 1. The molecule has 2 rings (SSSR count). The maximum Gasteiger partial charge on any atom is 0.270 e. The van der Waals surface area contributed by atoms with Crippen LogP contribution in [0.15, 0.2) is 18.2 Å². The zero-order valence-corrected chi connectivity index (χ0v) is 15.6. The van der Waals surface area contributed by atoms with Gasteiger partial charge in [-0.05, 0) is 26.8 Å². The van der Waals surface area contributed by atoms with Crippen LogP contribution >= 0.6 is 11.6 Å². The van der Waals surface area contributed by atoms with Crippen molar-refractivity contribution in [3.8, 4) is 11.5 Å². The van der Waals surface area contributed by atoms with Crippen LogP contribution in [0.2, 0.25) is 5.02 Å². The molecular weight excluding hydrogens is 344 g/mol.